The molecule has 0 fully saturated rings. The average Bonchev–Trinajstić information content (AvgIpc) is 2.30. The van der Waals surface area contributed by atoms with E-state index in [-0.39, 0.29) is 12.1 Å². The zero-order valence-corrected chi connectivity index (χ0v) is 10.6. The molecule has 1 aromatic rings. The van der Waals surface area contributed by atoms with Crippen LogP contribution in [0.5, 0.6) is 0 Å². The maximum atomic E-state index is 11.2. The highest BCUT2D eigenvalue weighted by Gasteiger charge is 2.14. The second-order valence-corrected chi connectivity index (χ2v) is 3.99. The lowest BCUT2D eigenvalue weighted by molar-refractivity contribution is 0.148. The Kier molecular flexibility index (Phi) is 5.49. The molecule has 1 rings (SSSR count). The highest BCUT2D eigenvalue weighted by atomic mass is 16.5. The van der Waals surface area contributed by atoms with Crippen molar-refractivity contribution in [1.29, 1.82) is 0 Å². The molecular formula is C13H20N2O2. The van der Waals surface area contributed by atoms with Crippen LogP contribution in [0.3, 0.4) is 0 Å². The van der Waals surface area contributed by atoms with E-state index in [2.05, 4.69) is 22.3 Å². The molecule has 0 aliphatic heterocycles. The van der Waals surface area contributed by atoms with Crippen LogP contribution in [-0.4, -0.2) is 38.2 Å². The van der Waals surface area contributed by atoms with Crippen molar-refractivity contribution in [3.05, 3.63) is 35.9 Å². The zero-order valence-electron chi connectivity index (χ0n) is 10.6. The fourth-order valence-electron chi connectivity index (χ4n) is 1.64. The van der Waals surface area contributed by atoms with E-state index >= 15 is 0 Å². The van der Waals surface area contributed by atoms with Crippen LogP contribution in [0.25, 0.3) is 0 Å². The highest BCUT2D eigenvalue weighted by Crippen LogP contribution is 2.16. The summed E-state index contributed by atoms with van der Waals surface area (Å²) in [5, 5.41) is 2.76. The van der Waals surface area contributed by atoms with Gasteiger partial charge in [-0.1, -0.05) is 30.3 Å². The molecule has 0 saturated carbocycles. The van der Waals surface area contributed by atoms with Crippen molar-refractivity contribution in [1.82, 2.24) is 10.2 Å². The van der Waals surface area contributed by atoms with E-state index in [9.17, 15) is 4.79 Å². The standard InChI is InChI=1S/C13H20N2O2/c1-4-17-13(16)14-10-12(15(2)3)11-8-6-5-7-9-11/h5-9,12H,4,10H2,1-3H3,(H,14,16). The number of nitrogens with one attached hydrogen (secondary N) is 1. The lowest BCUT2D eigenvalue weighted by Crippen LogP contribution is -2.34. The van der Waals surface area contributed by atoms with E-state index < -0.39 is 0 Å². The Morgan fingerprint density at radius 2 is 2.00 bits per heavy atom. The third-order valence-electron chi connectivity index (χ3n) is 2.52. The quantitative estimate of drug-likeness (QED) is 0.850. The van der Waals surface area contributed by atoms with Crippen LogP contribution in [-0.2, 0) is 4.74 Å². The smallest absolute Gasteiger partial charge is 0.407 e. The number of ether oxygens (including phenoxy) is 1. The second kappa shape index (κ2) is 6.91. The lowest BCUT2D eigenvalue weighted by Gasteiger charge is -2.24. The van der Waals surface area contributed by atoms with Crippen molar-refractivity contribution in [2.45, 2.75) is 13.0 Å². The van der Waals surface area contributed by atoms with Crippen LogP contribution in [0.2, 0.25) is 0 Å². The Labute approximate surface area is 103 Å². The number of benzene rings is 1. The van der Waals surface area contributed by atoms with Gasteiger partial charge in [0.1, 0.15) is 0 Å². The number of alkyl carbamates (subject to hydrolysis) is 1. The monoisotopic (exact) mass is 236 g/mol. The SMILES string of the molecule is CCOC(=O)NCC(c1ccccc1)N(C)C. The van der Waals surface area contributed by atoms with E-state index in [1.807, 2.05) is 32.3 Å². The molecule has 1 unspecified atom stereocenters. The predicted molar refractivity (Wildman–Crippen MR) is 67.9 cm³/mol. The molecule has 0 saturated heterocycles. The van der Waals surface area contributed by atoms with E-state index in [1.54, 1.807) is 6.92 Å². The number of likely N-dealkylation sites (N-methyl/N-ethyl adjacent to an activating group) is 1. The molecule has 0 spiro atoms. The van der Waals surface area contributed by atoms with Gasteiger partial charge in [-0.2, -0.15) is 0 Å². The van der Waals surface area contributed by atoms with Crippen LogP contribution < -0.4 is 5.32 Å². The summed E-state index contributed by atoms with van der Waals surface area (Å²) in [5.41, 5.74) is 1.18. The van der Waals surface area contributed by atoms with Gasteiger partial charge in [0, 0.05) is 6.54 Å². The van der Waals surface area contributed by atoms with Gasteiger partial charge in [-0.15, -0.1) is 0 Å². The maximum Gasteiger partial charge on any atom is 0.407 e. The first-order chi connectivity index (χ1) is 8.15. The summed E-state index contributed by atoms with van der Waals surface area (Å²) in [6.07, 6.45) is -0.365. The number of hydrogen-bond donors (Lipinski definition) is 1. The van der Waals surface area contributed by atoms with E-state index in [0.717, 1.165) is 0 Å². The third kappa shape index (κ3) is 4.44. The summed E-state index contributed by atoms with van der Waals surface area (Å²) in [6.45, 7) is 2.72. The van der Waals surface area contributed by atoms with Crippen molar-refractivity contribution in [3.8, 4) is 0 Å². The molecule has 17 heavy (non-hydrogen) atoms. The zero-order chi connectivity index (χ0) is 12.7. The molecule has 4 heteroatoms. The summed E-state index contributed by atoms with van der Waals surface area (Å²) in [5.74, 6) is 0. The minimum absolute atomic E-state index is 0.153. The number of nitrogens with zero attached hydrogens (tertiary/aromatic N) is 1. The summed E-state index contributed by atoms with van der Waals surface area (Å²) in [7, 11) is 3.98. The van der Waals surface area contributed by atoms with E-state index in [4.69, 9.17) is 4.74 Å². The molecule has 94 valence electrons. The third-order valence-corrected chi connectivity index (χ3v) is 2.52. The molecule has 0 bridgehead atoms. The fourth-order valence-corrected chi connectivity index (χ4v) is 1.64. The van der Waals surface area contributed by atoms with Crippen LogP contribution >= 0.6 is 0 Å². The van der Waals surface area contributed by atoms with Gasteiger partial charge in [-0.05, 0) is 26.6 Å². The molecule has 1 atom stereocenters. The molecule has 4 nitrogen and oxygen atoms in total. The number of hydrogen-bond acceptors (Lipinski definition) is 3. The van der Waals surface area contributed by atoms with E-state index in [1.165, 1.54) is 5.56 Å². The van der Waals surface area contributed by atoms with E-state index in [0.29, 0.717) is 13.2 Å². The van der Waals surface area contributed by atoms with Crippen LogP contribution in [0.15, 0.2) is 30.3 Å². The van der Waals surface area contributed by atoms with Gasteiger partial charge in [-0.3, -0.25) is 0 Å². The Hall–Kier alpha value is -1.55. The lowest BCUT2D eigenvalue weighted by atomic mass is 10.1. The number of carbonyl (C=O) groups is 1. The first-order valence-electron chi connectivity index (χ1n) is 5.77. The van der Waals surface area contributed by atoms with Gasteiger partial charge in [0.25, 0.3) is 0 Å². The predicted octanol–water partition coefficient (Wildman–Crippen LogP) is 2.04. The van der Waals surface area contributed by atoms with Crippen molar-refractivity contribution in [3.63, 3.8) is 0 Å². The molecule has 0 aromatic heterocycles. The Bertz CT molecular complexity index is 339. The molecule has 1 aromatic carbocycles. The van der Waals surface area contributed by atoms with Crippen molar-refractivity contribution >= 4 is 6.09 Å². The molecule has 1 N–H and O–H groups in total. The minimum Gasteiger partial charge on any atom is -0.450 e. The van der Waals surface area contributed by atoms with Crippen LogP contribution in [0.1, 0.15) is 18.5 Å². The van der Waals surface area contributed by atoms with Gasteiger partial charge >= 0.3 is 6.09 Å². The average molecular weight is 236 g/mol. The maximum absolute atomic E-state index is 11.2. The molecule has 0 aliphatic carbocycles. The van der Waals surface area contributed by atoms with Gasteiger partial charge in [0.05, 0.1) is 12.6 Å². The van der Waals surface area contributed by atoms with Gasteiger partial charge in [0.2, 0.25) is 0 Å². The first-order valence-corrected chi connectivity index (χ1v) is 5.77. The molecule has 0 aliphatic rings. The molecule has 0 radical (unpaired) electrons. The second-order valence-electron chi connectivity index (χ2n) is 3.99. The normalized spacial score (nSPS) is 12.2. The fraction of sp³-hybridized carbons (Fsp3) is 0.462. The summed E-state index contributed by atoms with van der Waals surface area (Å²) in [6, 6.07) is 10.2. The van der Waals surface area contributed by atoms with Crippen molar-refractivity contribution in [2.24, 2.45) is 0 Å². The Morgan fingerprint density at radius 3 is 2.53 bits per heavy atom. The number of carbonyl (C=O) groups excluding carboxylic acids is 1. The van der Waals surface area contributed by atoms with Gasteiger partial charge in [0.15, 0.2) is 0 Å². The molecule has 1 amide bonds. The van der Waals surface area contributed by atoms with Gasteiger partial charge < -0.3 is 15.0 Å². The Morgan fingerprint density at radius 1 is 1.35 bits per heavy atom. The Balaban J connectivity index is 2.59. The van der Waals surface area contributed by atoms with Crippen LogP contribution in [0.4, 0.5) is 4.79 Å². The molecule has 0 heterocycles. The summed E-state index contributed by atoms with van der Waals surface area (Å²) < 4.78 is 4.84. The van der Waals surface area contributed by atoms with Crippen LogP contribution in [0, 0.1) is 0 Å². The number of amides is 1. The number of rotatable bonds is 5. The molecular weight excluding hydrogens is 216 g/mol. The highest BCUT2D eigenvalue weighted by molar-refractivity contribution is 5.67. The minimum atomic E-state index is -0.365. The van der Waals surface area contributed by atoms with Gasteiger partial charge in [-0.25, -0.2) is 4.79 Å². The summed E-state index contributed by atoms with van der Waals surface area (Å²) in [4.78, 5) is 13.3. The summed E-state index contributed by atoms with van der Waals surface area (Å²) >= 11 is 0. The topological polar surface area (TPSA) is 41.6 Å². The van der Waals surface area contributed by atoms with Crippen molar-refractivity contribution < 1.29 is 9.53 Å². The largest absolute Gasteiger partial charge is 0.450 e. The first kappa shape index (κ1) is 13.5. The van der Waals surface area contributed by atoms with Crippen molar-refractivity contribution in [2.75, 3.05) is 27.2 Å².